The zero-order chi connectivity index (χ0) is 20.3. The Balaban J connectivity index is 1.64. The van der Waals surface area contributed by atoms with Crippen LogP contribution in [0.5, 0.6) is 0 Å². The fraction of sp³-hybridized carbons (Fsp3) is 0.476. The molecule has 7 nitrogen and oxygen atoms in total. The molecule has 2 saturated heterocycles. The molecule has 0 spiro atoms. The van der Waals surface area contributed by atoms with Gasteiger partial charge in [-0.3, -0.25) is 4.79 Å². The number of hydrogen-bond donors (Lipinski definition) is 1. The molecule has 4 rings (SSSR count). The average molecular weight is 418 g/mol. The number of piperidine rings is 1. The summed E-state index contributed by atoms with van der Waals surface area (Å²) in [5.74, 6) is 0.358. The summed E-state index contributed by atoms with van der Waals surface area (Å²) in [6, 6.07) is 8.52. The first kappa shape index (κ1) is 20.0. The van der Waals surface area contributed by atoms with Crippen LogP contribution in [0.2, 0.25) is 0 Å². The first-order chi connectivity index (χ1) is 14.1. The molecule has 2 fully saturated rings. The topological polar surface area (TPSA) is 82.9 Å². The summed E-state index contributed by atoms with van der Waals surface area (Å²) < 4.78 is 33.0. The fourth-order valence-electron chi connectivity index (χ4n) is 4.02. The van der Waals surface area contributed by atoms with Gasteiger partial charge in [0.2, 0.25) is 10.0 Å². The van der Waals surface area contributed by atoms with E-state index in [9.17, 15) is 13.2 Å². The van der Waals surface area contributed by atoms with Gasteiger partial charge in [-0.05, 0) is 56.0 Å². The van der Waals surface area contributed by atoms with E-state index in [2.05, 4.69) is 10.2 Å². The van der Waals surface area contributed by atoms with Crippen molar-refractivity contribution in [3.05, 3.63) is 47.9 Å². The van der Waals surface area contributed by atoms with Gasteiger partial charge in [0.05, 0.1) is 23.3 Å². The lowest BCUT2D eigenvalue weighted by atomic mass is 10.1. The number of nitrogens with zero attached hydrogens (tertiary/aromatic N) is 2. The molecule has 2 aliphatic rings. The van der Waals surface area contributed by atoms with Crippen LogP contribution >= 0.6 is 0 Å². The molecule has 8 heteroatoms. The van der Waals surface area contributed by atoms with Crippen molar-refractivity contribution in [3.63, 3.8) is 0 Å². The second-order valence-electron chi connectivity index (χ2n) is 7.60. The molecule has 0 bridgehead atoms. The smallest absolute Gasteiger partial charge is 0.253 e. The number of nitrogens with one attached hydrogen (secondary N) is 1. The van der Waals surface area contributed by atoms with Crippen molar-refractivity contribution in [2.24, 2.45) is 0 Å². The number of rotatable bonds is 6. The molecule has 0 radical (unpaired) electrons. The third kappa shape index (κ3) is 4.33. The number of carbonyl (C=O) groups excluding carboxylic acids is 1. The van der Waals surface area contributed by atoms with Crippen LogP contribution in [-0.4, -0.2) is 44.8 Å². The summed E-state index contributed by atoms with van der Waals surface area (Å²) in [4.78, 5) is 15.3. The minimum atomic E-state index is -3.60. The Morgan fingerprint density at radius 3 is 2.41 bits per heavy atom. The summed E-state index contributed by atoms with van der Waals surface area (Å²) in [6.07, 6.45) is 6.51. The van der Waals surface area contributed by atoms with Gasteiger partial charge >= 0.3 is 0 Å². The summed E-state index contributed by atoms with van der Waals surface area (Å²) in [5, 5.41) is 2.86. The van der Waals surface area contributed by atoms with Crippen LogP contribution < -0.4 is 10.2 Å². The zero-order valence-corrected chi connectivity index (χ0v) is 17.3. The van der Waals surface area contributed by atoms with Crippen molar-refractivity contribution in [1.82, 2.24) is 9.62 Å². The molecule has 29 heavy (non-hydrogen) atoms. The maximum atomic E-state index is 13.1. The molecule has 156 valence electrons. The lowest BCUT2D eigenvalue weighted by Crippen LogP contribution is -2.36. The highest BCUT2D eigenvalue weighted by atomic mass is 32.2. The van der Waals surface area contributed by atoms with Crippen LogP contribution in [-0.2, 0) is 16.6 Å². The van der Waals surface area contributed by atoms with Gasteiger partial charge < -0.3 is 14.6 Å². The van der Waals surface area contributed by atoms with Gasteiger partial charge in [0.25, 0.3) is 5.91 Å². The molecule has 1 amide bonds. The van der Waals surface area contributed by atoms with Gasteiger partial charge in [0.1, 0.15) is 5.76 Å². The SMILES string of the molecule is O=C(NCc1ccco1)c1cc(S(=O)(=O)N2CCCCC2)ccc1N1CCCC1. The van der Waals surface area contributed by atoms with Crippen molar-refractivity contribution in [2.45, 2.75) is 43.5 Å². The first-order valence-electron chi connectivity index (χ1n) is 10.3. The normalized spacial score (nSPS) is 18.1. The molecule has 2 aromatic rings. The van der Waals surface area contributed by atoms with Crippen molar-refractivity contribution in [2.75, 3.05) is 31.1 Å². The second kappa shape index (κ2) is 8.59. The van der Waals surface area contributed by atoms with E-state index in [0.717, 1.165) is 50.9 Å². The van der Waals surface area contributed by atoms with Gasteiger partial charge in [-0.15, -0.1) is 0 Å². The van der Waals surface area contributed by atoms with Gasteiger partial charge in [0.15, 0.2) is 0 Å². The molecular formula is C21H27N3O4S. The van der Waals surface area contributed by atoms with Crippen molar-refractivity contribution in [1.29, 1.82) is 0 Å². The van der Waals surface area contributed by atoms with Crippen LogP contribution in [0, 0.1) is 0 Å². The second-order valence-corrected chi connectivity index (χ2v) is 9.54. The van der Waals surface area contributed by atoms with E-state index >= 15 is 0 Å². The van der Waals surface area contributed by atoms with Crippen molar-refractivity contribution >= 4 is 21.6 Å². The molecule has 0 unspecified atom stereocenters. The largest absolute Gasteiger partial charge is 0.467 e. The predicted molar refractivity (Wildman–Crippen MR) is 110 cm³/mol. The third-order valence-corrected chi connectivity index (χ3v) is 7.51. The Labute approximate surface area is 171 Å². The summed E-state index contributed by atoms with van der Waals surface area (Å²) in [7, 11) is -3.60. The Bertz CT molecular complexity index is 944. The van der Waals surface area contributed by atoms with Gasteiger partial charge in [-0.2, -0.15) is 4.31 Å². The number of furan rings is 1. The Morgan fingerprint density at radius 1 is 1.00 bits per heavy atom. The molecule has 0 atom stereocenters. The van der Waals surface area contributed by atoms with Gasteiger partial charge in [0, 0.05) is 31.9 Å². The molecule has 2 aliphatic heterocycles. The quantitative estimate of drug-likeness (QED) is 0.781. The van der Waals surface area contributed by atoms with E-state index < -0.39 is 10.0 Å². The predicted octanol–water partition coefficient (Wildman–Crippen LogP) is 2.98. The van der Waals surface area contributed by atoms with E-state index in [4.69, 9.17) is 4.42 Å². The highest BCUT2D eigenvalue weighted by Crippen LogP contribution is 2.29. The number of benzene rings is 1. The van der Waals surface area contributed by atoms with Crippen molar-refractivity contribution in [3.8, 4) is 0 Å². The molecule has 0 aliphatic carbocycles. The number of carbonyl (C=O) groups is 1. The maximum absolute atomic E-state index is 13.1. The van der Waals surface area contributed by atoms with Crippen LogP contribution in [0.25, 0.3) is 0 Å². The van der Waals surface area contributed by atoms with Crippen LogP contribution in [0.15, 0.2) is 45.9 Å². The Morgan fingerprint density at radius 2 is 1.72 bits per heavy atom. The molecule has 1 aromatic heterocycles. The van der Waals surface area contributed by atoms with E-state index in [1.165, 1.54) is 10.4 Å². The number of sulfonamides is 1. The lowest BCUT2D eigenvalue weighted by Gasteiger charge is -2.27. The van der Waals surface area contributed by atoms with E-state index in [1.54, 1.807) is 30.5 Å². The van der Waals surface area contributed by atoms with Gasteiger partial charge in [-0.1, -0.05) is 6.42 Å². The highest BCUT2D eigenvalue weighted by molar-refractivity contribution is 7.89. The summed E-state index contributed by atoms with van der Waals surface area (Å²) >= 11 is 0. The third-order valence-electron chi connectivity index (χ3n) is 5.62. The minimum Gasteiger partial charge on any atom is -0.467 e. The summed E-state index contributed by atoms with van der Waals surface area (Å²) in [6.45, 7) is 3.08. The highest BCUT2D eigenvalue weighted by Gasteiger charge is 2.28. The van der Waals surface area contributed by atoms with Gasteiger partial charge in [-0.25, -0.2) is 8.42 Å². The Kier molecular flexibility index (Phi) is 5.91. The van der Waals surface area contributed by atoms with Crippen LogP contribution in [0.1, 0.15) is 48.2 Å². The Hall–Kier alpha value is -2.32. The molecule has 1 aromatic carbocycles. The fourth-order valence-corrected chi connectivity index (χ4v) is 5.57. The van der Waals surface area contributed by atoms with Crippen molar-refractivity contribution < 1.29 is 17.6 Å². The van der Waals surface area contributed by atoms with E-state index in [0.29, 0.717) is 24.4 Å². The standard InChI is InChI=1S/C21H27N3O4S/c25-21(22-16-17-7-6-14-28-17)19-15-18(8-9-20(19)23-10-4-5-11-23)29(26,27)24-12-2-1-3-13-24/h6-9,14-15H,1-5,10-13,16H2,(H,22,25). The maximum Gasteiger partial charge on any atom is 0.253 e. The number of hydrogen-bond acceptors (Lipinski definition) is 5. The molecule has 1 N–H and O–H groups in total. The molecule has 0 saturated carbocycles. The van der Waals surface area contributed by atoms with E-state index in [-0.39, 0.29) is 17.3 Å². The number of anilines is 1. The first-order valence-corrected chi connectivity index (χ1v) is 11.7. The molecule has 3 heterocycles. The van der Waals surface area contributed by atoms with E-state index in [1.807, 2.05) is 0 Å². The monoisotopic (exact) mass is 417 g/mol. The van der Waals surface area contributed by atoms with Crippen LogP contribution in [0.3, 0.4) is 0 Å². The number of amides is 1. The summed E-state index contributed by atoms with van der Waals surface area (Å²) in [5.41, 5.74) is 1.19. The minimum absolute atomic E-state index is 0.186. The van der Waals surface area contributed by atoms with Crippen LogP contribution in [0.4, 0.5) is 5.69 Å². The lowest BCUT2D eigenvalue weighted by molar-refractivity contribution is 0.0948. The molecular weight excluding hydrogens is 390 g/mol. The zero-order valence-electron chi connectivity index (χ0n) is 16.5. The average Bonchev–Trinajstić information content (AvgIpc) is 3.46.